The lowest BCUT2D eigenvalue weighted by molar-refractivity contribution is -0.137. The van der Waals surface area contributed by atoms with E-state index in [1.54, 1.807) is 49.6 Å². The zero-order valence-corrected chi connectivity index (χ0v) is 38.0. The Morgan fingerprint density at radius 1 is 0.892 bits per heavy atom. The lowest BCUT2D eigenvalue weighted by atomic mass is 10.0. The third-order valence-electron chi connectivity index (χ3n) is 12.3. The second-order valence-corrected chi connectivity index (χ2v) is 18.6. The van der Waals surface area contributed by atoms with Gasteiger partial charge in [-0.3, -0.25) is 38.9 Å². The Hall–Kier alpha value is -5.82. The largest absolute Gasteiger partial charge is 0.494 e. The van der Waals surface area contributed by atoms with Crippen LogP contribution in [-0.2, 0) is 34.5 Å². The van der Waals surface area contributed by atoms with Crippen LogP contribution in [0.25, 0.3) is 0 Å². The highest BCUT2D eigenvalue weighted by atomic mass is 35.5. The number of ether oxygens (including phenoxy) is 2. The number of halogens is 1. The van der Waals surface area contributed by atoms with Gasteiger partial charge < -0.3 is 44.3 Å². The Morgan fingerprint density at radius 3 is 2.40 bits per heavy atom. The first kappa shape index (κ1) is 45.7. The first-order chi connectivity index (χ1) is 31.5. The van der Waals surface area contributed by atoms with E-state index in [9.17, 15) is 23.7 Å². The van der Waals surface area contributed by atoms with Gasteiger partial charge in [0, 0.05) is 88.8 Å². The summed E-state index contributed by atoms with van der Waals surface area (Å²) < 4.78 is 35.4. The molecule has 19 nitrogen and oxygen atoms in total. The van der Waals surface area contributed by atoms with Gasteiger partial charge in [0.2, 0.25) is 23.7 Å². The van der Waals surface area contributed by atoms with E-state index < -0.39 is 19.5 Å². The molecule has 4 aliphatic rings. The summed E-state index contributed by atoms with van der Waals surface area (Å²) in [7, 11) is 0.691. The first-order valence-corrected chi connectivity index (χ1v) is 23.3. The Bertz CT molecular complexity index is 2480. The van der Waals surface area contributed by atoms with Gasteiger partial charge in [0.25, 0.3) is 5.91 Å². The normalized spacial score (nSPS) is 18.6. The molecule has 3 saturated heterocycles. The summed E-state index contributed by atoms with van der Waals surface area (Å²) in [4.78, 5) is 67.6. The maximum Gasteiger partial charge on any atom is 0.362 e. The highest BCUT2D eigenvalue weighted by Gasteiger charge is 2.40. The summed E-state index contributed by atoms with van der Waals surface area (Å²) in [5.74, 6) is 0.409. The number of aromatic nitrogens is 2. The molecule has 65 heavy (non-hydrogen) atoms. The predicted octanol–water partition coefficient (Wildman–Crippen LogP) is 4.24. The van der Waals surface area contributed by atoms with E-state index in [1.807, 2.05) is 18.2 Å². The Kier molecular flexibility index (Phi) is 14.2. The molecule has 0 spiro atoms. The number of amides is 4. The zero-order chi connectivity index (χ0) is 45.7. The van der Waals surface area contributed by atoms with Crippen molar-refractivity contribution in [3.63, 3.8) is 0 Å². The van der Waals surface area contributed by atoms with E-state index >= 15 is 0 Å². The number of carbonyl (C=O) groups excluding carboxylic acids is 4. The van der Waals surface area contributed by atoms with E-state index in [0.717, 1.165) is 57.8 Å². The molecule has 3 fully saturated rings. The van der Waals surface area contributed by atoms with Gasteiger partial charge in [0.1, 0.15) is 22.6 Å². The lowest BCUT2D eigenvalue weighted by Crippen LogP contribution is -2.54. The molecular weight excluding hydrogens is 879 g/mol. The first-order valence-electron chi connectivity index (χ1n) is 21.4. The topological polar surface area (TPSA) is 209 Å². The molecule has 21 heteroatoms. The number of nitrogens with zero attached hydrogens (tertiary/aromatic N) is 6. The highest BCUT2D eigenvalue weighted by molar-refractivity contribution is 7.62. The average Bonchev–Trinajstić information content (AvgIpc) is 3.66. The number of piperazine rings is 1. The van der Waals surface area contributed by atoms with Crippen LogP contribution >= 0.6 is 19.2 Å². The van der Waals surface area contributed by atoms with Gasteiger partial charge in [0.05, 0.1) is 43.1 Å². The summed E-state index contributed by atoms with van der Waals surface area (Å²) in [6.45, 7) is 5.43. The van der Waals surface area contributed by atoms with Gasteiger partial charge in [-0.15, -0.1) is 0 Å². The number of imide groups is 1. The number of hydrogen-bond donors (Lipinski definition) is 4. The molecule has 8 rings (SSSR count). The number of para-hydroxylation sites is 1. The van der Waals surface area contributed by atoms with Crippen molar-refractivity contribution >= 4 is 77.0 Å². The summed E-state index contributed by atoms with van der Waals surface area (Å²) in [5, 5.41) is 12.1. The zero-order valence-electron chi connectivity index (χ0n) is 36.4. The van der Waals surface area contributed by atoms with E-state index in [-0.39, 0.29) is 61.4 Å². The number of anilines is 5. The number of hydrogen-bond acceptors (Lipinski definition) is 16. The van der Waals surface area contributed by atoms with Crippen LogP contribution in [0.4, 0.5) is 28.8 Å². The summed E-state index contributed by atoms with van der Waals surface area (Å²) in [5.41, 5.74) is 3.28. The van der Waals surface area contributed by atoms with Crippen molar-refractivity contribution < 1.29 is 42.3 Å². The van der Waals surface area contributed by atoms with Gasteiger partial charge >= 0.3 is 7.60 Å². The molecular formula is C44H52ClN10O9P. The number of benzene rings is 3. The molecule has 4 aliphatic heterocycles. The standard InChI is InChI=1S/C44H52ClN10O9P/c1-61-37-23-29(11-12-33(37)49-44-46-24-32(45)41(51-44)48-34-8-4-5-10-38(34)65(60,62-2)63-3)53-17-15-28(16-18-53)54-21-19-52(20-22-54)26-40(57)47-27-64-36-9-6-7-30-31(36)25-55(43(30)59)35-13-14-39(56)50-42(35)58/h4-12,23-24,28,35H,13-22,25-27H2,1-3H3,(H,47,57)(H,50,56,58)(H2,46,48,49,51). The maximum absolute atomic E-state index is 13.2. The van der Waals surface area contributed by atoms with Crippen LogP contribution in [-0.4, -0.2) is 134 Å². The fourth-order valence-corrected chi connectivity index (χ4v) is 10.1. The molecule has 344 valence electrons. The highest BCUT2D eigenvalue weighted by Crippen LogP contribution is 2.47. The minimum Gasteiger partial charge on any atom is -0.494 e. The summed E-state index contributed by atoms with van der Waals surface area (Å²) >= 11 is 6.48. The molecule has 1 atom stereocenters. The number of piperidine rings is 2. The van der Waals surface area contributed by atoms with Gasteiger partial charge in [-0.25, -0.2) is 4.98 Å². The van der Waals surface area contributed by atoms with E-state index in [2.05, 4.69) is 45.9 Å². The number of fused-ring (bicyclic) bond motifs is 1. The average molecular weight is 931 g/mol. The molecule has 5 heterocycles. The van der Waals surface area contributed by atoms with Gasteiger partial charge in [-0.1, -0.05) is 29.8 Å². The number of methoxy groups -OCH3 is 1. The second kappa shape index (κ2) is 20.1. The molecule has 0 bridgehead atoms. The maximum atomic E-state index is 13.2. The molecule has 1 aromatic heterocycles. The molecule has 4 N–H and O–H groups in total. The van der Waals surface area contributed by atoms with Crippen molar-refractivity contribution in [3.8, 4) is 11.5 Å². The van der Waals surface area contributed by atoms with Crippen LogP contribution in [0.1, 0.15) is 41.6 Å². The monoisotopic (exact) mass is 930 g/mol. The predicted molar refractivity (Wildman–Crippen MR) is 244 cm³/mol. The minimum atomic E-state index is -3.58. The van der Waals surface area contributed by atoms with Crippen molar-refractivity contribution in [2.45, 2.75) is 44.3 Å². The summed E-state index contributed by atoms with van der Waals surface area (Å²) in [6.07, 6.45) is 3.93. The van der Waals surface area contributed by atoms with Gasteiger partial charge in [-0.05, 0) is 55.7 Å². The second-order valence-electron chi connectivity index (χ2n) is 16.0. The van der Waals surface area contributed by atoms with Crippen LogP contribution < -0.4 is 40.9 Å². The van der Waals surface area contributed by atoms with Crippen LogP contribution in [0.2, 0.25) is 5.02 Å². The third kappa shape index (κ3) is 10.2. The molecule has 0 radical (unpaired) electrons. The fourth-order valence-electron chi connectivity index (χ4n) is 8.75. The molecule has 4 amide bonds. The van der Waals surface area contributed by atoms with Crippen LogP contribution in [0, 0.1) is 0 Å². The third-order valence-corrected chi connectivity index (χ3v) is 14.5. The molecule has 1 unspecified atom stereocenters. The van der Waals surface area contributed by atoms with Gasteiger partial charge in [0.15, 0.2) is 12.5 Å². The van der Waals surface area contributed by atoms with Crippen LogP contribution in [0.5, 0.6) is 11.5 Å². The molecule has 0 saturated carbocycles. The molecule has 4 aromatic rings. The minimum absolute atomic E-state index is 0.0604. The number of carbonyl (C=O) groups is 4. The Morgan fingerprint density at radius 2 is 1.66 bits per heavy atom. The van der Waals surface area contributed by atoms with Crippen molar-refractivity contribution in [2.24, 2.45) is 0 Å². The lowest BCUT2D eigenvalue weighted by Gasteiger charge is -2.43. The van der Waals surface area contributed by atoms with Crippen LogP contribution in [0.15, 0.2) is 66.9 Å². The number of nitrogens with one attached hydrogen (secondary N) is 4. The van der Waals surface area contributed by atoms with Crippen molar-refractivity contribution in [1.29, 1.82) is 0 Å². The molecule has 0 aliphatic carbocycles. The van der Waals surface area contributed by atoms with Crippen LogP contribution in [0.3, 0.4) is 0 Å². The van der Waals surface area contributed by atoms with E-state index in [1.165, 1.54) is 25.3 Å². The van der Waals surface area contributed by atoms with Gasteiger partial charge in [-0.2, -0.15) is 4.98 Å². The fraction of sp³-hybridized carbons (Fsp3) is 0.409. The Labute approximate surface area is 381 Å². The quantitative estimate of drug-likeness (QED) is 0.0704. The number of rotatable bonds is 16. The van der Waals surface area contributed by atoms with Crippen molar-refractivity contribution in [3.05, 3.63) is 83.0 Å². The van der Waals surface area contributed by atoms with E-state index in [4.69, 9.17) is 30.1 Å². The summed E-state index contributed by atoms with van der Waals surface area (Å²) in [6, 6.07) is 17.8. The van der Waals surface area contributed by atoms with Crippen molar-refractivity contribution in [2.75, 3.05) is 89.4 Å². The Balaban J connectivity index is 0.780. The molecule has 3 aromatic carbocycles. The van der Waals surface area contributed by atoms with Crippen molar-refractivity contribution in [1.82, 2.24) is 35.3 Å². The smallest absolute Gasteiger partial charge is 0.362 e. The van der Waals surface area contributed by atoms with E-state index in [0.29, 0.717) is 51.2 Å². The SMILES string of the molecule is COc1cc(N2CCC(N3CCN(CC(=O)NCOc4cccc5c4CN(C4CCC(=O)NC4=O)C5=O)CC3)CC2)ccc1Nc1ncc(Cl)c(Nc2ccccc2P(=O)(OC)OC)n1.